The van der Waals surface area contributed by atoms with Crippen LogP contribution in [0.3, 0.4) is 0 Å². The number of carbonyl (C=O) groups excluding carboxylic acids is 1. The number of halogens is 3. The number of nitrogens with one attached hydrogen (secondary N) is 1. The molecule has 0 bridgehead atoms. The summed E-state index contributed by atoms with van der Waals surface area (Å²) in [6.45, 7) is 1.42. The summed E-state index contributed by atoms with van der Waals surface area (Å²) in [7, 11) is 1.20. The van der Waals surface area contributed by atoms with Gasteiger partial charge in [0, 0.05) is 7.05 Å². The molecule has 16 heavy (non-hydrogen) atoms. The van der Waals surface area contributed by atoms with Crippen LogP contribution in [0, 0.1) is 6.92 Å². The van der Waals surface area contributed by atoms with E-state index in [1.165, 1.54) is 14.0 Å². The zero-order valence-electron chi connectivity index (χ0n) is 8.64. The van der Waals surface area contributed by atoms with Crippen LogP contribution < -0.4 is 5.32 Å². The number of amides is 1. The normalized spacial score (nSPS) is 11.3. The summed E-state index contributed by atoms with van der Waals surface area (Å²) < 4.78 is 37.7. The molecule has 1 aromatic rings. The molecule has 0 radical (unpaired) electrons. The first-order valence-electron chi connectivity index (χ1n) is 4.41. The molecule has 88 valence electrons. The zero-order valence-corrected chi connectivity index (χ0v) is 8.64. The smallest absolute Gasteiger partial charge is 0.417 e. The Morgan fingerprint density at radius 2 is 1.94 bits per heavy atom. The monoisotopic (exact) mass is 233 g/mol. The van der Waals surface area contributed by atoms with Gasteiger partial charge < -0.3 is 10.4 Å². The molecule has 1 rings (SSSR count). The second-order valence-electron chi connectivity index (χ2n) is 3.23. The first-order valence-corrected chi connectivity index (χ1v) is 4.41. The summed E-state index contributed by atoms with van der Waals surface area (Å²) in [5.74, 6) is -1.61. The van der Waals surface area contributed by atoms with Gasteiger partial charge in [-0.2, -0.15) is 13.2 Å². The molecule has 2 N–H and O–H groups in total. The van der Waals surface area contributed by atoms with Gasteiger partial charge in [-0.25, -0.2) is 0 Å². The van der Waals surface area contributed by atoms with E-state index in [2.05, 4.69) is 5.32 Å². The number of carbonyl (C=O) groups is 1. The van der Waals surface area contributed by atoms with E-state index < -0.39 is 29.0 Å². The molecule has 0 aliphatic heterocycles. The second-order valence-corrected chi connectivity index (χ2v) is 3.23. The molecule has 0 unspecified atom stereocenters. The minimum Gasteiger partial charge on any atom is -0.507 e. The molecule has 6 heteroatoms. The SMILES string of the molecule is CNC(=O)c1c(C(F)(F)F)ccc(C)c1O. The fourth-order valence-electron chi connectivity index (χ4n) is 1.29. The Balaban J connectivity index is 3.51. The van der Waals surface area contributed by atoms with Gasteiger partial charge in [0.1, 0.15) is 5.75 Å². The average molecular weight is 233 g/mol. The molecule has 1 aromatic carbocycles. The molecule has 0 aromatic heterocycles. The van der Waals surface area contributed by atoms with E-state index in [4.69, 9.17) is 0 Å². The molecular weight excluding hydrogens is 223 g/mol. The van der Waals surface area contributed by atoms with E-state index in [-0.39, 0.29) is 5.56 Å². The van der Waals surface area contributed by atoms with Gasteiger partial charge in [-0.05, 0) is 18.6 Å². The zero-order chi connectivity index (χ0) is 12.5. The van der Waals surface area contributed by atoms with Crippen molar-refractivity contribution in [2.45, 2.75) is 13.1 Å². The van der Waals surface area contributed by atoms with Gasteiger partial charge in [0.15, 0.2) is 0 Å². The quantitative estimate of drug-likeness (QED) is 0.780. The van der Waals surface area contributed by atoms with Crippen LogP contribution in [0.2, 0.25) is 0 Å². The Hall–Kier alpha value is -1.72. The molecule has 0 heterocycles. The standard InChI is InChI=1S/C10H10F3NO2/c1-5-3-4-6(10(11,12)13)7(8(5)15)9(16)14-2/h3-4,15H,1-2H3,(H,14,16). The lowest BCUT2D eigenvalue weighted by Gasteiger charge is -2.14. The van der Waals surface area contributed by atoms with Crippen molar-refractivity contribution in [2.75, 3.05) is 7.05 Å². The second kappa shape index (κ2) is 4.03. The number of alkyl halides is 3. The molecule has 0 aliphatic carbocycles. The molecule has 0 saturated carbocycles. The number of hydrogen-bond donors (Lipinski definition) is 2. The fraction of sp³-hybridized carbons (Fsp3) is 0.300. The first-order chi connectivity index (χ1) is 7.29. The Bertz CT molecular complexity index is 427. The molecule has 0 spiro atoms. The summed E-state index contributed by atoms with van der Waals surface area (Å²) in [5.41, 5.74) is -1.67. The summed E-state index contributed by atoms with van der Waals surface area (Å²) in [5, 5.41) is 11.5. The van der Waals surface area contributed by atoms with Gasteiger partial charge in [0.2, 0.25) is 0 Å². The molecular formula is C10H10F3NO2. The Labute approximate surface area is 89.9 Å². The largest absolute Gasteiger partial charge is 0.507 e. The predicted molar refractivity (Wildman–Crippen MR) is 51.2 cm³/mol. The van der Waals surface area contributed by atoms with Crippen molar-refractivity contribution in [1.29, 1.82) is 0 Å². The Morgan fingerprint density at radius 1 is 1.38 bits per heavy atom. The highest BCUT2D eigenvalue weighted by molar-refractivity contribution is 5.98. The maximum absolute atomic E-state index is 12.6. The minimum atomic E-state index is -4.67. The van der Waals surface area contributed by atoms with Gasteiger partial charge in [-0.15, -0.1) is 0 Å². The van der Waals surface area contributed by atoms with Crippen molar-refractivity contribution >= 4 is 5.91 Å². The number of hydrogen-bond acceptors (Lipinski definition) is 2. The summed E-state index contributed by atoms with van der Waals surface area (Å²) in [6, 6.07) is 1.89. The molecule has 3 nitrogen and oxygen atoms in total. The van der Waals surface area contributed by atoms with Crippen molar-refractivity contribution in [3.63, 3.8) is 0 Å². The summed E-state index contributed by atoms with van der Waals surface area (Å²) in [4.78, 5) is 11.3. The molecule has 0 aliphatic rings. The van der Waals surface area contributed by atoms with Crippen molar-refractivity contribution < 1.29 is 23.1 Å². The van der Waals surface area contributed by atoms with Crippen molar-refractivity contribution in [1.82, 2.24) is 5.32 Å². The van der Waals surface area contributed by atoms with Crippen LogP contribution in [0.25, 0.3) is 0 Å². The highest BCUT2D eigenvalue weighted by Gasteiger charge is 2.36. The van der Waals surface area contributed by atoms with Crippen LogP contribution in [0.15, 0.2) is 12.1 Å². The number of benzene rings is 1. The number of phenols is 1. The Morgan fingerprint density at radius 3 is 2.38 bits per heavy atom. The van der Waals surface area contributed by atoms with Gasteiger partial charge >= 0.3 is 6.18 Å². The van der Waals surface area contributed by atoms with E-state index in [1.54, 1.807) is 0 Å². The van der Waals surface area contributed by atoms with E-state index in [0.29, 0.717) is 0 Å². The van der Waals surface area contributed by atoms with E-state index in [1.807, 2.05) is 0 Å². The maximum Gasteiger partial charge on any atom is 0.417 e. The van der Waals surface area contributed by atoms with Crippen LogP contribution in [-0.2, 0) is 6.18 Å². The van der Waals surface area contributed by atoms with Crippen LogP contribution in [-0.4, -0.2) is 18.1 Å². The third-order valence-corrected chi connectivity index (χ3v) is 2.14. The maximum atomic E-state index is 12.6. The van der Waals surface area contributed by atoms with E-state index in [9.17, 15) is 23.1 Å². The molecule has 0 atom stereocenters. The molecule has 0 saturated heterocycles. The lowest BCUT2D eigenvalue weighted by atomic mass is 10.0. The number of phenolic OH excluding ortho intramolecular Hbond substituents is 1. The number of rotatable bonds is 1. The van der Waals surface area contributed by atoms with Crippen LogP contribution in [0.1, 0.15) is 21.5 Å². The number of aryl methyl sites for hydroxylation is 1. The van der Waals surface area contributed by atoms with Gasteiger partial charge in [0.05, 0.1) is 11.1 Å². The predicted octanol–water partition coefficient (Wildman–Crippen LogP) is 2.08. The van der Waals surface area contributed by atoms with Crippen molar-refractivity contribution in [3.05, 3.63) is 28.8 Å². The molecule has 0 fully saturated rings. The van der Waals surface area contributed by atoms with E-state index >= 15 is 0 Å². The third kappa shape index (κ3) is 2.10. The topological polar surface area (TPSA) is 49.3 Å². The van der Waals surface area contributed by atoms with Crippen molar-refractivity contribution in [3.8, 4) is 5.75 Å². The van der Waals surface area contributed by atoms with Gasteiger partial charge in [0.25, 0.3) is 5.91 Å². The average Bonchev–Trinajstić information content (AvgIpc) is 2.19. The van der Waals surface area contributed by atoms with E-state index in [0.717, 1.165) is 12.1 Å². The molecule has 1 amide bonds. The fourth-order valence-corrected chi connectivity index (χ4v) is 1.29. The third-order valence-electron chi connectivity index (χ3n) is 2.14. The minimum absolute atomic E-state index is 0.214. The van der Waals surface area contributed by atoms with Crippen LogP contribution in [0.4, 0.5) is 13.2 Å². The number of aromatic hydroxyl groups is 1. The Kier molecular flexibility index (Phi) is 3.11. The highest BCUT2D eigenvalue weighted by Crippen LogP contribution is 2.36. The highest BCUT2D eigenvalue weighted by atomic mass is 19.4. The van der Waals surface area contributed by atoms with Gasteiger partial charge in [-0.3, -0.25) is 4.79 Å². The lowest BCUT2D eigenvalue weighted by molar-refractivity contribution is -0.138. The van der Waals surface area contributed by atoms with Crippen LogP contribution in [0.5, 0.6) is 5.75 Å². The van der Waals surface area contributed by atoms with Crippen molar-refractivity contribution in [2.24, 2.45) is 0 Å². The van der Waals surface area contributed by atoms with Crippen LogP contribution >= 0.6 is 0 Å². The first kappa shape index (κ1) is 12.4. The summed E-state index contributed by atoms with van der Waals surface area (Å²) in [6.07, 6.45) is -4.67. The van der Waals surface area contributed by atoms with Gasteiger partial charge in [-0.1, -0.05) is 6.07 Å². The summed E-state index contributed by atoms with van der Waals surface area (Å²) >= 11 is 0. The lowest BCUT2D eigenvalue weighted by Crippen LogP contribution is -2.23.